The lowest BCUT2D eigenvalue weighted by Gasteiger charge is -2.12. The third-order valence-electron chi connectivity index (χ3n) is 6.67. The van der Waals surface area contributed by atoms with Crippen LogP contribution in [0.2, 0.25) is 0 Å². The molecule has 4 rings (SSSR count). The molecule has 0 aliphatic carbocycles. The highest BCUT2D eigenvalue weighted by molar-refractivity contribution is 5.70. The number of rotatable bonds is 10. The smallest absolute Gasteiger partial charge is 0.130 e. The Morgan fingerprint density at radius 2 is 1.23 bits per heavy atom. The molecule has 1 atom stereocenters. The van der Waals surface area contributed by atoms with Gasteiger partial charge in [0.2, 0.25) is 0 Å². The molecule has 0 nitrogen and oxygen atoms in total. The molecule has 0 saturated carbocycles. The molecule has 0 heterocycles. The highest BCUT2D eigenvalue weighted by atomic mass is 19.1. The first kappa shape index (κ1) is 24.7. The van der Waals surface area contributed by atoms with Gasteiger partial charge in [0.1, 0.15) is 5.82 Å². The van der Waals surface area contributed by atoms with Crippen LogP contribution in [0.15, 0.2) is 97.1 Å². The molecular weight excluding hydrogens is 427 g/mol. The fourth-order valence-electron chi connectivity index (χ4n) is 4.52. The van der Waals surface area contributed by atoms with Gasteiger partial charge in [-0.1, -0.05) is 123 Å². The van der Waals surface area contributed by atoms with Crippen LogP contribution in [-0.2, 0) is 25.7 Å². The van der Waals surface area contributed by atoms with Gasteiger partial charge in [0.25, 0.3) is 0 Å². The monoisotopic (exact) mass is 462 g/mol. The van der Waals surface area contributed by atoms with Crippen LogP contribution in [-0.4, -0.2) is 0 Å². The Labute approximate surface area is 210 Å². The molecule has 0 aromatic heterocycles. The van der Waals surface area contributed by atoms with E-state index in [0.29, 0.717) is 11.5 Å². The van der Waals surface area contributed by atoms with Crippen molar-refractivity contribution in [2.45, 2.75) is 51.9 Å². The summed E-state index contributed by atoms with van der Waals surface area (Å²) in [6, 6.07) is 33.6. The van der Waals surface area contributed by atoms with Gasteiger partial charge in [0.05, 0.1) is 0 Å². The quantitative estimate of drug-likeness (QED) is 0.206. The molecule has 0 aliphatic heterocycles. The molecule has 4 aromatic rings. The van der Waals surface area contributed by atoms with E-state index in [2.05, 4.69) is 86.6 Å². The Hall–Kier alpha value is -3.45. The van der Waals surface area contributed by atoms with E-state index in [1.165, 1.54) is 28.7 Å². The Morgan fingerprint density at radius 1 is 0.657 bits per heavy atom. The number of hydrogen-bond acceptors (Lipinski definition) is 0. The normalized spacial score (nSPS) is 12.2. The molecule has 0 unspecified atom stereocenters. The second-order valence-corrected chi connectivity index (χ2v) is 9.51. The highest BCUT2D eigenvalue weighted by Gasteiger charge is 2.08. The van der Waals surface area contributed by atoms with E-state index >= 15 is 0 Å². The van der Waals surface area contributed by atoms with Crippen molar-refractivity contribution in [3.63, 3.8) is 0 Å². The largest absolute Gasteiger partial charge is 0.206 e. The zero-order valence-corrected chi connectivity index (χ0v) is 20.9. The van der Waals surface area contributed by atoms with Gasteiger partial charge in [-0.3, -0.25) is 0 Å². The maximum absolute atomic E-state index is 14.7. The standard InChI is InChI=1S/C34H35F/c1-3-7-27-10-12-28(13-11-27)14-15-29-16-18-30(19-17-29)20-22-33-23-21-31(25-34(33)35)24-26(2)32-8-5-4-6-9-32/h4-6,8-13,16-23,25-26H,3,7,14-15,24H2,1-2H3/t26-/m1/s1. The van der Waals surface area contributed by atoms with E-state index in [1.54, 1.807) is 6.07 Å². The zero-order valence-electron chi connectivity index (χ0n) is 20.9. The molecule has 1 heteroatoms. The van der Waals surface area contributed by atoms with Gasteiger partial charge in [-0.15, -0.1) is 0 Å². The molecule has 0 saturated heterocycles. The molecule has 0 spiro atoms. The van der Waals surface area contributed by atoms with Gasteiger partial charge in [-0.25, -0.2) is 4.39 Å². The summed E-state index contributed by atoms with van der Waals surface area (Å²) >= 11 is 0. The molecule has 0 N–H and O–H groups in total. The fraction of sp³-hybridized carbons (Fsp3) is 0.235. The van der Waals surface area contributed by atoms with Gasteiger partial charge < -0.3 is 0 Å². The predicted octanol–water partition coefficient (Wildman–Crippen LogP) is 9.08. The minimum absolute atomic E-state index is 0.166. The lowest BCUT2D eigenvalue weighted by molar-refractivity contribution is 0.620. The topological polar surface area (TPSA) is 0 Å². The van der Waals surface area contributed by atoms with Crippen LogP contribution in [0.4, 0.5) is 4.39 Å². The summed E-state index contributed by atoms with van der Waals surface area (Å²) in [7, 11) is 0. The van der Waals surface area contributed by atoms with Crippen LogP contribution in [0, 0.1) is 5.82 Å². The molecule has 35 heavy (non-hydrogen) atoms. The Balaban J connectivity index is 1.32. The lowest BCUT2D eigenvalue weighted by Crippen LogP contribution is -1.99. The Morgan fingerprint density at radius 3 is 1.83 bits per heavy atom. The second kappa shape index (κ2) is 12.3. The minimum Gasteiger partial charge on any atom is -0.206 e. The summed E-state index contributed by atoms with van der Waals surface area (Å²) in [5, 5.41) is 0. The molecule has 0 amide bonds. The van der Waals surface area contributed by atoms with E-state index < -0.39 is 0 Å². The molecule has 0 bridgehead atoms. The van der Waals surface area contributed by atoms with E-state index in [1.807, 2.05) is 30.4 Å². The minimum atomic E-state index is -0.166. The van der Waals surface area contributed by atoms with Crippen molar-refractivity contribution in [2.75, 3.05) is 0 Å². The first-order chi connectivity index (χ1) is 17.1. The lowest BCUT2D eigenvalue weighted by atomic mass is 9.93. The van der Waals surface area contributed by atoms with E-state index in [9.17, 15) is 4.39 Å². The molecule has 0 fully saturated rings. The summed E-state index contributed by atoms with van der Waals surface area (Å²) in [6.07, 6.45) is 9.09. The van der Waals surface area contributed by atoms with Gasteiger partial charge in [-0.2, -0.15) is 0 Å². The van der Waals surface area contributed by atoms with Crippen molar-refractivity contribution in [3.8, 4) is 0 Å². The number of hydrogen-bond donors (Lipinski definition) is 0. The third-order valence-corrected chi connectivity index (χ3v) is 6.67. The van der Waals surface area contributed by atoms with Crippen molar-refractivity contribution in [1.82, 2.24) is 0 Å². The number of benzene rings is 4. The van der Waals surface area contributed by atoms with E-state index in [4.69, 9.17) is 0 Å². The van der Waals surface area contributed by atoms with Crippen molar-refractivity contribution < 1.29 is 4.39 Å². The summed E-state index contributed by atoms with van der Waals surface area (Å²) in [5.41, 5.74) is 8.13. The second-order valence-electron chi connectivity index (χ2n) is 9.51. The molecule has 4 aromatic carbocycles. The Kier molecular flexibility index (Phi) is 8.68. The van der Waals surface area contributed by atoms with Crippen molar-refractivity contribution in [2.24, 2.45) is 0 Å². The van der Waals surface area contributed by atoms with Crippen LogP contribution in [0.25, 0.3) is 12.2 Å². The zero-order chi connectivity index (χ0) is 24.5. The van der Waals surface area contributed by atoms with Gasteiger partial charge in [0, 0.05) is 5.56 Å². The third kappa shape index (κ3) is 7.26. The van der Waals surface area contributed by atoms with Crippen LogP contribution in [0.1, 0.15) is 65.1 Å². The van der Waals surface area contributed by atoms with Crippen LogP contribution in [0.3, 0.4) is 0 Å². The highest BCUT2D eigenvalue weighted by Crippen LogP contribution is 2.22. The maximum Gasteiger partial charge on any atom is 0.130 e. The number of halogens is 1. The van der Waals surface area contributed by atoms with Crippen LogP contribution < -0.4 is 0 Å². The summed E-state index contributed by atoms with van der Waals surface area (Å²) in [4.78, 5) is 0. The summed E-state index contributed by atoms with van der Waals surface area (Å²) in [6.45, 7) is 4.40. The van der Waals surface area contributed by atoms with Gasteiger partial charge in [-0.05, 0) is 71.0 Å². The fourth-order valence-corrected chi connectivity index (χ4v) is 4.52. The SMILES string of the molecule is CCCc1ccc(CCc2ccc(C=Cc3ccc(C[C@@H](C)c4ccccc4)cc3F)cc2)cc1. The van der Waals surface area contributed by atoms with Gasteiger partial charge >= 0.3 is 0 Å². The van der Waals surface area contributed by atoms with Crippen molar-refractivity contribution >= 4 is 12.2 Å². The molecule has 178 valence electrons. The first-order valence-electron chi connectivity index (χ1n) is 12.8. The van der Waals surface area contributed by atoms with E-state index in [0.717, 1.165) is 36.8 Å². The van der Waals surface area contributed by atoms with E-state index in [-0.39, 0.29) is 5.82 Å². The summed E-state index contributed by atoms with van der Waals surface area (Å²) in [5.74, 6) is 0.191. The van der Waals surface area contributed by atoms with Crippen molar-refractivity contribution in [3.05, 3.63) is 142 Å². The Bertz CT molecular complexity index is 1220. The molecule has 0 aliphatic rings. The summed E-state index contributed by atoms with van der Waals surface area (Å²) < 4.78 is 14.7. The maximum atomic E-state index is 14.7. The molecule has 0 radical (unpaired) electrons. The first-order valence-corrected chi connectivity index (χ1v) is 12.8. The van der Waals surface area contributed by atoms with Gasteiger partial charge in [0.15, 0.2) is 0 Å². The van der Waals surface area contributed by atoms with Crippen LogP contribution in [0.5, 0.6) is 0 Å². The van der Waals surface area contributed by atoms with Crippen LogP contribution >= 0.6 is 0 Å². The average molecular weight is 463 g/mol. The average Bonchev–Trinajstić information content (AvgIpc) is 2.89. The van der Waals surface area contributed by atoms with Crippen molar-refractivity contribution in [1.29, 1.82) is 0 Å². The molecular formula is C34H35F. The predicted molar refractivity (Wildman–Crippen MR) is 148 cm³/mol. The number of aryl methyl sites for hydroxylation is 3.